The minimum atomic E-state index is -1.91. The monoisotopic (exact) mass is 569 g/mol. The Balaban J connectivity index is 1.63. The molecule has 1 aliphatic heterocycles. The third kappa shape index (κ3) is 4.93. The highest BCUT2D eigenvalue weighted by atomic mass is 15.7. The van der Waals surface area contributed by atoms with E-state index in [0.29, 0.717) is 6.54 Å². The number of hydrazone groups is 1. The van der Waals surface area contributed by atoms with Crippen LogP contribution in [0, 0.1) is 6.92 Å². The van der Waals surface area contributed by atoms with Gasteiger partial charge in [-0.15, -0.1) is 0 Å². The molecule has 7 rings (SSSR count). The highest BCUT2D eigenvalue weighted by Gasteiger charge is 2.48. The van der Waals surface area contributed by atoms with E-state index in [4.69, 9.17) is 5.10 Å². The first kappa shape index (κ1) is 27.3. The molecule has 0 saturated heterocycles. The van der Waals surface area contributed by atoms with Gasteiger partial charge in [0, 0.05) is 16.9 Å². The highest BCUT2D eigenvalue weighted by Crippen LogP contribution is 2.36. The number of amidine groups is 1. The number of para-hydroxylation sites is 2. The van der Waals surface area contributed by atoms with Crippen LogP contribution in [0.25, 0.3) is 0 Å². The molecular weight excluding hydrogens is 535 g/mol. The summed E-state index contributed by atoms with van der Waals surface area (Å²) in [6, 6.07) is 62.4. The Morgan fingerprint density at radius 1 is 0.500 bits per heavy atom. The smallest absolute Gasteiger partial charge is 0.278 e. The molecule has 1 aliphatic rings. The van der Waals surface area contributed by atoms with Crippen molar-refractivity contribution < 1.29 is 0 Å². The van der Waals surface area contributed by atoms with Gasteiger partial charge in [-0.25, -0.2) is 0 Å². The summed E-state index contributed by atoms with van der Waals surface area (Å²) in [7, 11) is 0. The molecule has 4 nitrogen and oxygen atoms in total. The molecule has 0 unspecified atom stereocenters. The summed E-state index contributed by atoms with van der Waals surface area (Å²) in [5, 5.41) is 8.06. The largest absolute Gasteiger partial charge is 0.425 e. The summed E-state index contributed by atoms with van der Waals surface area (Å²) in [6.45, 7) is 2.76. The van der Waals surface area contributed by atoms with Gasteiger partial charge in [-0.05, 0) is 36.8 Å². The van der Waals surface area contributed by atoms with Crippen LogP contribution in [0.3, 0.4) is 0 Å². The van der Waals surface area contributed by atoms with Crippen LogP contribution in [0.5, 0.6) is 0 Å². The zero-order chi connectivity index (χ0) is 29.8. The van der Waals surface area contributed by atoms with Crippen molar-refractivity contribution in [3.05, 3.63) is 193 Å². The standard InChI is InChI=1S/C39H34BN4/c1-32-27-29-34(30-28-32)39-41-43(37-23-13-5-14-24-37)40(35-19-9-3-10-20-35,36-21-11-4-12-22-36)44(38-25-15-6-16-26-38)42(39)31-33-17-7-2-8-18-33/h2-30H,31H2,1H3/q-1. The van der Waals surface area contributed by atoms with Crippen LogP contribution >= 0.6 is 0 Å². The normalized spacial score (nSPS) is 14.3. The molecule has 0 fully saturated rings. The lowest BCUT2D eigenvalue weighted by molar-refractivity contribution is 0.423. The van der Waals surface area contributed by atoms with E-state index in [2.05, 4.69) is 198 Å². The first-order valence-corrected chi connectivity index (χ1v) is 15.2. The maximum atomic E-state index is 5.67. The van der Waals surface area contributed by atoms with Crippen LogP contribution < -0.4 is 20.8 Å². The van der Waals surface area contributed by atoms with Crippen molar-refractivity contribution in [2.75, 3.05) is 9.84 Å². The second-order valence-electron chi connectivity index (χ2n) is 11.3. The minimum Gasteiger partial charge on any atom is -0.425 e. The molecule has 0 aromatic heterocycles. The van der Waals surface area contributed by atoms with Crippen molar-refractivity contribution in [1.29, 1.82) is 0 Å². The molecule has 0 saturated carbocycles. The van der Waals surface area contributed by atoms with Crippen molar-refractivity contribution in [3.63, 3.8) is 0 Å². The molecule has 5 heteroatoms. The number of benzene rings is 6. The molecule has 0 atom stereocenters. The fourth-order valence-corrected chi connectivity index (χ4v) is 6.45. The number of anilines is 2. The molecular formula is C39H34BN4-. The zero-order valence-electron chi connectivity index (χ0n) is 24.8. The van der Waals surface area contributed by atoms with E-state index in [-0.39, 0.29) is 0 Å². The summed E-state index contributed by atoms with van der Waals surface area (Å²) in [5.74, 6) is 0.880. The summed E-state index contributed by atoms with van der Waals surface area (Å²) in [6.07, 6.45) is -1.91. The molecule has 0 N–H and O–H groups in total. The minimum absolute atomic E-state index is 0.633. The van der Waals surface area contributed by atoms with Gasteiger partial charge in [0.05, 0.1) is 6.54 Å². The van der Waals surface area contributed by atoms with Gasteiger partial charge < -0.3 is 9.84 Å². The van der Waals surface area contributed by atoms with Crippen LogP contribution in [0.2, 0.25) is 0 Å². The van der Waals surface area contributed by atoms with Gasteiger partial charge in [-0.1, -0.05) is 157 Å². The number of nitrogens with zero attached hydrogens (tertiary/aromatic N) is 4. The summed E-state index contributed by atoms with van der Waals surface area (Å²) in [5.41, 5.74) is 7.90. The van der Waals surface area contributed by atoms with Gasteiger partial charge >= 0.3 is 0 Å². The molecule has 214 valence electrons. The molecule has 1 heterocycles. The van der Waals surface area contributed by atoms with Gasteiger partial charge in [0.1, 0.15) is 0 Å². The average molecular weight is 570 g/mol. The van der Waals surface area contributed by atoms with Crippen LogP contribution in [0.4, 0.5) is 11.4 Å². The number of hydrogen-bond acceptors (Lipinski definition) is 4. The SMILES string of the molecule is Cc1ccc(C2=NN(c3ccccc3)[B-](c3ccccc3)(c3ccccc3)N(c3ccccc3)N2Cc2ccccc2)cc1. The summed E-state index contributed by atoms with van der Waals surface area (Å²) < 4.78 is 0. The molecule has 6 aromatic carbocycles. The fraction of sp³-hybridized carbons (Fsp3) is 0.0513. The maximum Gasteiger partial charge on any atom is 0.278 e. The lowest BCUT2D eigenvalue weighted by Crippen LogP contribution is -2.84. The zero-order valence-corrected chi connectivity index (χ0v) is 24.8. The summed E-state index contributed by atoms with van der Waals surface area (Å²) in [4.78, 5) is 4.78. The van der Waals surface area contributed by atoms with Crippen molar-refractivity contribution in [2.45, 2.75) is 13.5 Å². The van der Waals surface area contributed by atoms with Crippen molar-refractivity contribution in [1.82, 2.24) is 5.01 Å². The third-order valence-electron chi connectivity index (χ3n) is 8.47. The van der Waals surface area contributed by atoms with E-state index in [9.17, 15) is 0 Å². The number of hydrogen-bond donors (Lipinski definition) is 0. The molecule has 0 spiro atoms. The second-order valence-corrected chi connectivity index (χ2v) is 11.3. The van der Waals surface area contributed by atoms with E-state index in [1.165, 1.54) is 11.1 Å². The average Bonchev–Trinajstić information content (AvgIpc) is 3.10. The van der Waals surface area contributed by atoms with E-state index >= 15 is 0 Å². The molecule has 44 heavy (non-hydrogen) atoms. The molecule has 0 bridgehead atoms. The van der Waals surface area contributed by atoms with E-state index in [1.807, 2.05) is 0 Å². The van der Waals surface area contributed by atoms with E-state index in [1.54, 1.807) is 0 Å². The number of hydrazine groups is 1. The molecule has 6 aromatic rings. The van der Waals surface area contributed by atoms with Crippen LogP contribution in [0.15, 0.2) is 181 Å². The third-order valence-corrected chi connectivity index (χ3v) is 8.47. The van der Waals surface area contributed by atoms with Crippen LogP contribution in [-0.2, 0) is 6.54 Å². The van der Waals surface area contributed by atoms with Gasteiger partial charge in [0.15, 0.2) is 5.84 Å². The molecule has 0 radical (unpaired) electrons. The van der Waals surface area contributed by atoms with Gasteiger partial charge in [-0.3, -0.25) is 5.01 Å². The lowest BCUT2D eigenvalue weighted by Gasteiger charge is -2.65. The first-order chi connectivity index (χ1) is 21.7. The van der Waals surface area contributed by atoms with Gasteiger partial charge in [0.2, 0.25) is 0 Å². The van der Waals surface area contributed by atoms with Crippen LogP contribution in [0.1, 0.15) is 16.7 Å². The number of rotatable bonds is 7. The maximum absolute atomic E-state index is 5.67. The Labute approximate surface area is 260 Å². The van der Waals surface area contributed by atoms with E-state index in [0.717, 1.165) is 33.7 Å². The Bertz CT molecular complexity index is 1790. The topological polar surface area (TPSA) is 22.1 Å². The Kier molecular flexibility index (Phi) is 7.43. The van der Waals surface area contributed by atoms with Crippen molar-refractivity contribution in [3.8, 4) is 0 Å². The molecule has 0 amide bonds. The Morgan fingerprint density at radius 2 is 0.955 bits per heavy atom. The molecule has 0 aliphatic carbocycles. The Morgan fingerprint density at radius 3 is 1.48 bits per heavy atom. The quantitative estimate of drug-likeness (QED) is 0.188. The highest BCUT2D eigenvalue weighted by molar-refractivity contribution is 7.07. The van der Waals surface area contributed by atoms with Crippen LogP contribution in [-0.4, -0.2) is 17.3 Å². The van der Waals surface area contributed by atoms with Gasteiger partial charge in [-0.2, -0.15) is 16.0 Å². The fourth-order valence-electron chi connectivity index (χ4n) is 6.45. The first-order valence-electron chi connectivity index (χ1n) is 15.2. The lowest BCUT2D eigenvalue weighted by atomic mass is 9.35. The predicted molar refractivity (Wildman–Crippen MR) is 185 cm³/mol. The van der Waals surface area contributed by atoms with Crippen molar-refractivity contribution >= 4 is 34.6 Å². The second kappa shape index (κ2) is 12.0. The predicted octanol–water partition coefficient (Wildman–Crippen LogP) is 7.36. The number of aryl methyl sites for hydroxylation is 1. The summed E-state index contributed by atoms with van der Waals surface area (Å²) >= 11 is 0. The Hall–Kier alpha value is -5.55. The van der Waals surface area contributed by atoms with Gasteiger partial charge in [0.25, 0.3) is 6.42 Å². The van der Waals surface area contributed by atoms with E-state index < -0.39 is 6.42 Å². The van der Waals surface area contributed by atoms with Crippen molar-refractivity contribution in [2.24, 2.45) is 5.10 Å².